The first-order valence-electron chi connectivity index (χ1n) is 16.9. The molecule has 2 nitrogen and oxygen atoms in total. The SMILES string of the molecule is CC1(C)C(=O)/C(=C/c2ccc(C(F)(F)F)cc2)C[C@@]2(C)C1CC[C@]1(C)C2CCC2C3[C@H]4OC[C@@]3(CCC4(C)C)CC[C@]21C. The molecule has 2 bridgehead atoms. The van der Waals surface area contributed by atoms with E-state index >= 15 is 0 Å². The van der Waals surface area contributed by atoms with Crippen LogP contribution < -0.4 is 0 Å². The van der Waals surface area contributed by atoms with Crippen LogP contribution in [0.25, 0.3) is 6.08 Å². The number of halogens is 3. The lowest BCUT2D eigenvalue weighted by molar-refractivity contribution is -0.236. The Kier molecular flexibility index (Phi) is 6.30. The van der Waals surface area contributed by atoms with E-state index < -0.39 is 17.2 Å². The zero-order valence-corrected chi connectivity index (χ0v) is 27.3. The molecule has 0 N–H and O–H groups in total. The Morgan fingerprint density at radius 2 is 1.49 bits per heavy atom. The predicted molar refractivity (Wildman–Crippen MR) is 164 cm³/mol. The van der Waals surface area contributed by atoms with Crippen molar-refractivity contribution in [3.63, 3.8) is 0 Å². The third kappa shape index (κ3) is 3.91. The van der Waals surface area contributed by atoms with E-state index in [2.05, 4.69) is 48.5 Å². The van der Waals surface area contributed by atoms with Gasteiger partial charge in [0, 0.05) is 5.41 Å². The van der Waals surface area contributed by atoms with Gasteiger partial charge in [0.15, 0.2) is 5.78 Å². The van der Waals surface area contributed by atoms with Crippen molar-refractivity contribution >= 4 is 11.9 Å². The molecule has 0 spiro atoms. The Bertz CT molecular complexity index is 1360. The van der Waals surface area contributed by atoms with E-state index in [1.165, 1.54) is 57.1 Å². The van der Waals surface area contributed by atoms with Gasteiger partial charge in [0.1, 0.15) is 0 Å². The van der Waals surface area contributed by atoms with E-state index in [4.69, 9.17) is 4.74 Å². The molecule has 4 unspecified atom stereocenters. The van der Waals surface area contributed by atoms with E-state index in [0.717, 1.165) is 30.7 Å². The fraction of sp³-hybridized carbons (Fsp3) is 0.763. The molecule has 0 aromatic heterocycles. The number of rotatable bonds is 1. The van der Waals surface area contributed by atoms with Crippen molar-refractivity contribution in [2.75, 3.05) is 6.61 Å². The summed E-state index contributed by atoms with van der Waals surface area (Å²) in [4.78, 5) is 14.0. The molecule has 236 valence electrons. The topological polar surface area (TPSA) is 26.3 Å². The number of hydrogen-bond acceptors (Lipinski definition) is 2. The van der Waals surface area contributed by atoms with Crippen LogP contribution >= 0.6 is 0 Å². The highest BCUT2D eigenvalue weighted by Crippen LogP contribution is 2.78. The van der Waals surface area contributed by atoms with Crippen LogP contribution in [0, 0.1) is 56.2 Å². The third-order valence-corrected chi connectivity index (χ3v) is 15.3. The van der Waals surface area contributed by atoms with E-state index in [0.29, 0.717) is 47.2 Å². The molecule has 7 rings (SSSR count). The van der Waals surface area contributed by atoms with Crippen LogP contribution in [0.5, 0.6) is 0 Å². The highest BCUT2D eigenvalue weighted by molar-refractivity contribution is 6.04. The van der Waals surface area contributed by atoms with Gasteiger partial charge >= 0.3 is 6.18 Å². The second kappa shape index (κ2) is 9.01. The third-order valence-electron chi connectivity index (χ3n) is 15.3. The number of carbonyl (C=O) groups is 1. The van der Waals surface area contributed by atoms with Crippen molar-refractivity contribution < 1.29 is 22.7 Å². The Morgan fingerprint density at radius 3 is 2.16 bits per heavy atom. The van der Waals surface area contributed by atoms with Crippen LogP contribution in [0.2, 0.25) is 0 Å². The minimum Gasteiger partial charge on any atom is -0.377 e. The normalized spacial score (nSPS) is 47.3. The largest absolute Gasteiger partial charge is 0.416 e. The van der Waals surface area contributed by atoms with Crippen molar-refractivity contribution in [1.29, 1.82) is 0 Å². The minimum absolute atomic E-state index is 0.0351. The van der Waals surface area contributed by atoms with E-state index in [9.17, 15) is 18.0 Å². The number of fused-ring (bicyclic) bond motifs is 5. The quantitative estimate of drug-likeness (QED) is 0.302. The highest BCUT2D eigenvalue weighted by atomic mass is 19.4. The average molecular weight is 597 g/mol. The van der Waals surface area contributed by atoms with Gasteiger partial charge in [0.05, 0.1) is 18.3 Å². The van der Waals surface area contributed by atoms with E-state index in [1.807, 2.05) is 6.08 Å². The summed E-state index contributed by atoms with van der Waals surface area (Å²) in [6.45, 7) is 17.8. The number of hydrogen-bond donors (Lipinski definition) is 0. The summed E-state index contributed by atoms with van der Waals surface area (Å²) in [6.07, 6.45) is 8.43. The molecule has 0 amide bonds. The van der Waals surface area contributed by atoms with Gasteiger partial charge in [-0.15, -0.1) is 0 Å². The molecule has 1 saturated heterocycles. The Labute approximate surface area is 256 Å². The standard InChI is InChI=1S/C38H51F3O2/c1-32(2)16-18-37-19-17-35(6)26(29(37)31(32)43-22-37)12-13-28-34(5)21-24(20-23-8-10-25(11-9-23)38(39,40)41)30(42)33(3,4)27(34)14-15-36(28,35)7/h8-11,20,26-29,31H,12-19,21-22H2,1-7H3/b24-20+/t26?,27?,28?,29?,31-,34+,35-,36-,37-/m1/s1. The number of ketones is 1. The summed E-state index contributed by atoms with van der Waals surface area (Å²) in [5.41, 5.74) is 1.30. The van der Waals surface area contributed by atoms with Gasteiger partial charge in [-0.05, 0) is 138 Å². The molecule has 43 heavy (non-hydrogen) atoms. The van der Waals surface area contributed by atoms with Crippen LogP contribution in [0.15, 0.2) is 29.8 Å². The second-order valence-electron chi connectivity index (χ2n) is 17.8. The number of allylic oxidation sites excluding steroid dienone is 1. The molecule has 9 atom stereocenters. The lowest BCUT2D eigenvalue weighted by Crippen LogP contribution is -2.67. The lowest BCUT2D eigenvalue weighted by Gasteiger charge is -2.73. The summed E-state index contributed by atoms with van der Waals surface area (Å²) in [5.74, 6) is 2.32. The van der Waals surface area contributed by atoms with Crippen molar-refractivity contribution in [1.82, 2.24) is 0 Å². The average Bonchev–Trinajstić information content (AvgIpc) is 3.26. The minimum atomic E-state index is -4.37. The second-order valence-corrected chi connectivity index (χ2v) is 17.8. The highest BCUT2D eigenvalue weighted by Gasteiger charge is 2.73. The Morgan fingerprint density at radius 1 is 0.814 bits per heavy atom. The van der Waals surface area contributed by atoms with E-state index in [-0.39, 0.29) is 27.4 Å². The fourth-order valence-corrected chi connectivity index (χ4v) is 12.9. The van der Waals surface area contributed by atoms with Crippen LogP contribution in [0.1, 0.15) is 117 Å². The summed E-state index contributed by atoms with van der Waals surface area (Å²) >= 11 is 0. The van der Waals surface area contributed by atoms with Gasteiger partial charge in [-0.2, -0.15) is 13.2 Å². The Hall–Kier alpha value is -1.62. The smallest absolute Gasteiger partial charge is 0.377 e. The summed E-state index contributed by atoms with van der Waals surface area (Å²) in [7, 11) is 0. The van der Waals surface area contributed by atoms with Gasteiger partial charge in [-0.3, -0.25) is 4.79 Å². The maximum atomic E-state index is 14.0. The molecule has 1 aromatic carbocycles. The molecule has 5 aliphatic carbocycles. The Balaban J connectivity index is 1.25. The monoisotopic (exact) mass is 596 g/mol. The summed E-state index contributed by atoms with van der Waals surface area (Å²) in [6, 6.07) is 5.30. The molecule has 5 saturated carbocycles. The number of Topliss-reactive ketones (excluding diaryl/α,β-unsaturated/α-hetero) is 1. The summed E-state index contributed by atoms with van der Waals surface area (Å²) in [5, 5.41) is 0. The first-order chi connectivity index (χ1) is 19.9. The lowest BCUT2D eigenvalue weighted by atomic mass is 9.31. The number of carbonyl (C=O) groups excluding carboxylic acids is 1. The van der Waals surface area contributed by atoms with Crippen LogP contribution in [0.3, 0.4) is 0 Å². The van der Waals surface area contributed by atoms with Gasteiger partial charge in [0.25, 0.3) is 0 Å². The van der Waals surface area contributed by atoms with Gasteiger partial charge in [-0.25, -0.2) is 0 Å². The van der Waals surface area contributed by atoms with Crippen molar-refractivity contribution in [3.05, 3.63) is 41.0 Å². The van der Waals surface area contributed by atoms with Gasteiger partial charge in [0.2, 0.25) is 0 Å². The van der Waals surface area contributed by atoms with Crippen molar-refractivity contribution in [2.24, 2.45) is 56.2 Å². The van der Waals surface area contributed by atoms with Crippen molar-refractivity contribution in [2.45, 2.75) is 119 Å². The number of alkyl halides is 3. The molecule has 5 heteroatoms. The maximum absolute atomic E-state index is 14.0. The molecule has 1 aliphatic heterocycles. The number of ether oxygens (including phenoxy) is 1. The summed E-state index contributed by atoms with van der Waals surface area (Å²) < 4.78 is 46.4. The van der Waals surface area contributed by atoms with E-state index in [1.54, 1.807) is 0 Å². The zero-order chi connectivity index (χ0) is 31.0. The van der Waals surface area contributed by atoms with Gasteiger partial charge in [-0.1, -0.05) is 60.6 Å². The fourth-order valence-electron chi connectivity index (χ4n) is 12.9. The van der Waals surface area contributed by atoms with Crippen LogP contribution in [-0.4, -0.2) is 18.5 Å². The molecular formula is C38H51F3O2. The molecule has 6 aliphatic rings. The number of benzene rings is 1. The van der Waals surface area contributed by atoms with Gasteiger partial charge < -0.3 is 4.74 Å². The first-order valence-corrected chi connectivity index (χ1v) is 16.9. The molecular weight excluding hydrogens is 545 g/mol. The maximum Gasteiger partial charge on any atom is 0.416 e. The molecule has 0 radical (unpaired) electrons. The van der Waals surface area contributed by atoms with Crippen LogP contribution in [-0.2, 0) is 15.7 Å². The van der Waals surface area contributed by atoms with Crippen molar-refractivity contribution in [3.8, 4) is 0 Å². The van der Waals surface area contributed by atoms with Crippen LogP contribution in [0.4, 0.5) is 13.2 Å². The molecule has 1 heterocycles. The zero-order valence-electron chi connectivity index (χ0n) is 27.3. The molecule has 6 fully saturated rings. The predicted octanol–water partition coefficient (Wildman–Crippen LogP) is 10.2. The molecule has 1 aromatic rings. The first kappa shape index (κ1) is 30.1.